The molecule has 1 amide bonds. The Morgan fingerprint density at radius 1 is 0.884 bits per heavy atom. The van der Waals surface area contributed by atoms with Crippen molar-refractivity contribution in [1.29, 1.82) is 0 Å². The highest BCUT2D eigenvalue weighted by Gasteiger charge is 2.25. The number of hydrogen-bond donors (Lipinski definition) is 0. The van der Waals surface area contributed by atoms with Crippen molar-refractivity contribution in [2.24, 2.45) is 0 Å². The number of anilines is 1. The lowest BCUT2D eigenvalue weighted by atomic mass is 10.1. The highest BCUT2D eigenvalue weighted by Crippen LogP contribution is 2.28. The Hall–Kier alpha value is -4.15. The fraction of sp³-hybridized carbons (Fsp3) is 0.333. The van der Waals surface area contributed by atoms with Crippen LogP contribution in [-0.2, 0) is 19.5 Å². The molecule has 0 spiro atoms. The van der Waals surface area contributed by atoms with Crippen LogP contribution < -0.4 is 19.1 Å². The van der Waals surface area contributed by atoms with Gasteiger partial charge < -0.3 is 24.0 Å². The highest BCUT2D eigenvalue weighted by atomic mass is 32.1. The molecule has 0 saturated carbocycles. The molecule has 1 saturated heterocycles. The first-order valence-corrected chi connectivity index (χ1v) is 15.1. The number of carbonyl (C=O) groups is 1. The Morgan fingerprint density at radius 2 is 1.60 bits per heavy atom. The maximum atomic E-state index is 14.2. The molecule has 43 heavy (non-hydrogen) atoms. The SMILES string of the molecule is COc1ccc(CN(CCc2ccc(OC)c(OC)c2)Cc2nc(C(=O)N3CCN(c4ccccc4F)CC3)cs2)cc1. The van der Waals surface area contributed by atoms with E-state index in [-0.39, 0.29) is 11.7 Å². The first kappa shape index (κ1) is 30.3. The summed E-state index contributed by atoms with van der Waals surface area (Å²) >= 11 is 1.50. The Labute approximate surface area is 256 Å². The second-order valence-electron chi connectivity index (χ2n) is 10.4. The number of halogens is 1. The second-order valence-corrected chi connectivity index (χ2v) is 11.3. The van der Waals surface area contributed by atoms with E-state index < -0.39 is 0 Å². The van der Waals surface area contributed by atoms with E-state index in [1.54, 1.807) is 33.5 Å². The molecule has 1 aromatic heterocycles. The van der Waals surface area contributed by atoms with Gasteiger partial charge in [0.2, 0.25) is 0 Å². The molecular formula is C33H37FN4O4S. The first-order chi connectivity index (χ1) is 21.0. The van der Waals surface area contributed by atoms with Crippen LogP contribution >= 0.6 is 11.3 Å². The van der Waals surface area contributed by atoms with Crippen LogP contribution in [0.15, 0.2) is 72.1 Å². The maximum Gasteiger partial charge on any atom is 0.273 e. The number of thiazole rings is 1. The van der Waals surface area contributed by atoms with E-state index in [4.69, 9.17) is 19.2 Å². The summed E-state index contributed by atoms with van der Waals surface area (Å²) in [6, 6.07) is 20.8. The molecule has 3 aromatic carbocycles. The van der Waals surface area contributed by atoms with Gasteiger partial charge in [0.15, 0.2) is 11.5 Å². The number of hydrogen-bond acceptors (Lipinski definition) is 8. The van der Waals surface area contributed by atoms with Crippen molar-refractivity contribution in [3.8, 4) is 17.2 Å². The van der Waals surface area contributed by atoms with E-state index in [1.807, 2.05) is 45.5 Å². The molecule has 1 fully saturated rings. The molecule has 0 aliphatic carbocycles. The predicted octanol–water partition coefficient (Wildman–Crippen LogP) is 5.52. The molecule has 226 valence electrons. The minimum Gasteiger partial charge on any atom is -0.497 e. The highest BCUT2D eigenvalue weighted by molar-refractivity contribution is 7.09. The summed E-state index contributed by atoms with van der Waals surface area (Å²) < 4.78 is 30.4. The van der Waals surface area contributed by atoms with Crippen molar-refractivity contribution in [1.82, 2.24) is 14.8 Å². The fourth-order valence-electron chi connectivity index (χ4n) is 5.22. The van der Waals surface area contributed by atoms with Crippen LogP contribution in [-0.4, -0.2) is 74.7 Å². The number of amides is 1. The van der Waals surface area contributed by atoms with Crippen LogP contribution in [0.1, 0.15) is 26.6 Å². The topological polar surface area (TPSA) is 67.4 Å². The van der Waals surface area contributed by atoms with Gasteiger partial charge in [0.25, 0.3) is 5.91 Å². The number of nitrogens with zero attached hydrogens (tertiary/aromatic N) is 4. The second kappa shape index (κ2) is 14.3. The van der Waals surface area contributed by atoms with Crippen LogP contribution in [0.5, 0.6) is 17.2 Å². The number of para-hydroxylation sites is 1. The van der Waals surface area contributed by atoms with Gasteiger partial charge in [-0.3, -0.25) is 9.69 Å². The van der Waals surface area contributed by atoms with E-state index in [9.17, 15) is 9.18 Å². The number of aromatic nitrogens is 1. The van der Waals surface area contributed by atoms with Gasteiger partial charge in [-0.2, -0.15) is 0 Å². The van der Waals surface area contributed by atoms with Gasteiger partial charge in [-0.15, -0.1) is 11.3 Å². The maximum absolute atomic E-state index is 14.2. The van der Waals surface area contributed by atoms with Gasteiger partial charge in [0.05, 0.1) is 33.6 Å². The van der Waals surface area contributed by atoms with Crippen molar-refractivity contribution in [3.05, 3.63) is 99.8 Å². The fourth-order valence-corrected chi connectivity index (χ4v) is 6.03. The monoisotopic (exact) mass is 604 g/mol. The summed E-state index contributed by atoms with van der Waals surface area (Å²) in [5.41, 5.74) is 3.34. The molecule has 0 radical (unpaired) electrons. The summed E-state index contributed by atoms with van der Waals surface area (Å²) in [4.78, 5) is 24.2. The van der Waals surface area contributed by atoms with E-state index in [0.29, 0.717) is 55.6 Å². The summed E-state index contributed by atoms with van der Waals surface area (Å²) in [5.74, 6) is 1.91. The lowest BCUT2D eigenvalue weighted by molar-refractivity contribution is 0.0741. The van der Waals surface area contributed by atoms with Crippen molar-refractivity contribution in [2.75, 3.05) is 59.0 Å². The normalized spacial score (nSPS) is 13.3. The molecule has 2 heterocycles. The van der Waals surface area contributed by atoms with Gasteiger partial charge >= 0.3 is 0 Å². The van der Waals surface area contributed by atoms with Crippen molar-refractivity contribution < 1.29 is 23.4 Å². The molecule has 4 aromatic rings. The third-order valence-electron chi connectivity index (χ3n) is 7.62. The number of carbonyl (C=O) groups excluding carboxylic acids is 1. The molecule has 10 heteroatoms. The molecule has 1 aliphatic heterocycles. The summed E-state index contributed by atoms with van der Waals surface area (Å²) in [5, 5.41) is 2.73. The standard InChI is InChI=1S/C33H37FN4O4S/c1-40-26-11-8-25(9-12-26)21-36(15-14-24-10-13-30(41-2)31(20-24)42-3)22-32-35-28(23-43-32)33(39)38-18-16-37(17-19-38)29-7-5-4-6-27(29)34/h4-13,20,23H,14-19,21-22H2,1-3H3. The zero-order valence-corrected chi connectivity index (χ0v) is 25.6. The largest absolute Gasteiger partial charge is 0.497 e. The van der Waals surface area contributed by atoms with Crippen LogP contribution in [0.4, 0.5) is 10.1 Å². The number of benzene rings is 3. The Balaban J connectivity index is 1.24. The Morgan fingerprint density at radius 3 is 2.30 bits per heavy atom. The van der Waals surface area contributed by atoms with Gasteiger partial charge in [-0.1, -0.05) is 30.3 Å². The van der Waals surface area contributed by atoms with E-state index in [2.05, 4.69) is 23.1 Å². The van der Waals surface area contributed by atoms with Gasteiger partial charge in [0, 0.05) is 44.6 Å². The zero-order chi connectivity index (χ0) is 30.2. The first-order valence-electron chi connectivity index (χ1n) is 14.3. The number of piperazine rings is 1. The van der Waals surface area contributed by atoms with Crippen LogP contribution in [0.25, 0.3) is 0 Å². The minimum absolute atomic E-state index is 0.0808. The molecule has 1 aliphatic rings. The third kappa shape index (κ3) is 7.63. The summed E-state index contributed by atoms with van der Waals surface area (Å²) in [6.07, 6.45) is 0.806. The quantitative estimate of drug-likeness (QED) is 0.211. The lowest BCUT2D eigenvalue weighted by Crippen LogP contribution is -2.49. The molecule has 5 rings (SSSR count). The Bertz CT molecular complexity index is 1510. The van der Waals surface area contributed by atoms with Crippen molar-refractivity contribution in [3.63, 3.8) is 0 Å². The molecule has 0 N–H and O–H groups in total. The van der Waals surface area contributed by atoms with Crippen LogP contribution in [0.2, 0.25) is 0 Å². The van der Waals surface area contributed by atoms with Gasteiger partial charge in [-0.05, 0) is 53.9 Å². The van der Waals surface area contributed by atoms with Gasteiger partial charge in [-0.25, -0.2) is 9.37 Å². The smallest absolute Gasteiger partial charge is 0.273 e. The summed E-state index contributed by atoms with van der Waals surface area (Å²) in [7, 11) is 4.93. The average Bonchev–Trinajstić information content (AvgIpc) is 3.52. The third-order valence-corrected chi connectivity index (χ3v) is 8.45. The lowest BCUT2D eigenvalue weighted by Gasteiger charge is -2.35. The number of rotatable bonds is 12. The molecule has 8 nitrogen and oxygen atoms in total. The van der Waals surface area contributed by atoms with E-state index >= 15 is 0 Å². The van der Waals surface area contributed by atoms with Crippen molar-refractivity contribution >= 4 is 22.9 Å². The molecule has 0 atom stereocenters. The summed E-state index contributed by atoms with van der Waals surface area (Å²) in [6.45, 7) is 4.31. The van der Waals surface area contributed by atoms with E-state index in [1.165, 1.54) is 17.4 Å². The zero-order valence-electron chi connectivity index (χ0n) is 24.8. The van der Waals surface area contributed by atoms with Gasteiger partial charge in [0.1, 0.15) is 22.3 Å². The predicted molar refractivity (Wildman–Crippen MR) is 167 cm³/mol. The molecule has 0 bridgehead atoms. The average molecular weight is 605 g/mol. The molecular weight excluding hydrogens is 567 g/mol. The Kier molecular flexibility index (Phi) is 10.1. The van der Waals surface area contributed by atoms with Crippen LogP contribution in [0, 0.1) is 5.82 Å². The van der Waals surface area contributed by atoms with E-state index in [0.717, 1.165) is 41.4 Å². The minimum atomic E-state index is -0.239. The van der Waals surface area contributed by atoms with Crippen molar-refractivity contribution in [2.45, 2.75) is 19.5 Å². The molecule has 0 unspecified atom stereocenters. The number of methoxy groups -OCH3 is 3. The van der Waals surface area contributed by atoms with Crippen LogP contribution in [0.3, 0.4) is 0 Å². The number of ether oxygens (including phenoxy) is 3.